The van der Waals surface area contributed by atoms with Crippen molar-refractivity contribution < 1.29 is 14.3 Å². The highest BCUT2D eigenvalue weighted by Gasteiger charge is 2.14. The first-order chi connectivity index (χ1) is 12.8. The highest BCUT2D eigenvalue weighted by Crippen LogP contribution is 2.35. The molecule has 140 valence electrons. The Morgan fingerprint density at radius 1 is 1.26 bits per heavy atom. The third-order valence-corrected chi connectivity index (χ3v) is 5.05. The van der Waals surface area contributed by atoms with Crippen LogP contribution in [-0.2, 0) is 11.4 Å². The molecular formula is C20H18BrIN2O3. The van der Waals surface area contributed by atoms with Gasteiger partial charge < -0.3 is 14.4 Å². The second kappa shape index (κ2) is 9.76. The lowest BCUT2D eigenvalue weighted by molar-refractivity contribution is -0.124. The molecule has 0 aliphatic carbocycles. The highest BCUT2D eigenvalue weighted by atomic mass is 127. The van der Waals surface area contributed by atoms with Crippen LogP contribution in [-0.4, -0.2) is 32.0 Å². The Labute approximate surface area is 180 Å². The van der Waals surface area contributed by atoms with E-state index in [1.54, 1.807) is 33.3 Å². The molecule has 0 fully saturated rings. The maximum absolute atomic E-state index is 12.1. The van der Waals surface area contributed by atoms with Crippen molar-refractivity contribution >= 4 is 50.5 Å². The number of carbonyl (C=O) groups excluding carboxylic acids is 1. The summed E-state index contributed by atoms with van der Waals surface area (Å²) in [6.45, 7) is 0.400. The number of nitriles is 1. The van der Waals surface area contributed by atoms with Crippen molar-refractivity contribution in [1.82, 2.24) is 4.90 Å². The lowest BCUT2D eigenvalue weighted by Crippen LogP contribution is -2.22. The first-order valence-electron chi connectivity index (χ1n) is 7.94. The average Bonchev–Trinajstić information content (AvgIpc) is 2.66. The Hall–Kier alpha value is -2.05. The molecule has 0 aliphatic heterocycles. The maximum Gasteiger partial charge on any atom is 0.264 e. The normalized spacial score (nSPS) is 10.9. The Morgan fingerprint density at radius 2 is 1.93 bits per heavy atom. The number of halogens is 2. The lowest BCUT2D eigenvalue weighted by atomic mass is 10.1. The van der Waals surface area contributed by atoms with E-state index in [0.29, 0.717) is 28.1 Å². The van der Waals surface area contributed by atoms with Gasteiger partial charge in [0.1, 0.15) is 18.2 Å². The van der Waals surface area contributed by atoms with Gasteiger partial charge in [0.15, 0.2) is 11.5 Å². The zero-order valence-corrected chi connectivity index (χ0v) is 18.9. The molecule has 27 heavy (non-hydrogen) atoms. The van der Waals surface area contributed by atoms with Gasteiger partial charge >= 0.3 is 0 Å². The zero-order valence-electron chi connectivity index (χ0n) is 15.1. The summed E-state index contributed by atoms with van der Waals surface area (Å²) in [5, 5.41) is 9.27. The molecule has 7 heteroatoms. The zero-order chi connectivity index (χ0) is 20.0. The molecule has 0 aromatic heterocycles. The Bertz CT molecular complexity index is 903. The van der Waals surface area contributed by atoms with Gasteiger partial charge in [-0.05, 0) is 64.1 Å². The number of nitrogens with zero attached hydrogens (tertiary/aromatic N) is 2. The first kappa shape index (κ1) is 21.3. The molecule has 2 rings (SSSR count). The molecule has 0 N–H and O–H groups in total. The van der Waals surface area contributed by atoms with E-state index in [2.05, 4.69) is 38.5 Å². The molecule has 0 saturated heterocycles. The van der Waals surface area contributed by atoms with Crippen molar-refractivity contribution in [2.75, 3.05) is 21.2 Å². The molecule has 0 bridgehead atoms. The number of amides is 1. The van der Waals surface area contributed by atoms with Crippen LogP contribution in [0.4, 0.5) is 0 Å². The number of rotatable bonds is 6. The van der Waals surface area contributed by atoms with Crippen LogP contribution < -0.4 is 9.47 Å². The number of likely N-dealkylation sites (N-methyl/N-ethyl adjacent to an activating group) is 1. The van der Waals surface area contributed by atoms with Crippen molar-refractivity contribution in [2.45, 2.75) is 6.61 Å². The number of benzene rings is 2. The second-order valence-corrected chi connectivity index (χ2v) is 7.91. The van der Waals surface area contributed by atoms with E-state index in [9.17, 15) is 10.1 Å². The van der Waals surface area contributed by atoms with Crippen LogP contribution in [0.5, 0.6) is 11.5 Å². The molecule has 0 spiro atoms. The van der Waals surface area contributed by atoms with E-state index < -0.39 is 0 Å². The molecule has 0 atom stereocenters. The van der Waals surface area contributed by atoms with Crippen LogP contribution in [0, 0.1) is 14.9 Å². The van der Waals surface area contributed by atoms with Gasteiger partial charge in [-0.25, -0.2) is 0 Å². The average molecular weight is 541 g/mol. The molecule has 2 aromatic rings. The van der Waals surface area contributed by atoms with Crippen LogP contribution >= 0.6 is 38.5 Å². The summed E-state index contributed by atoms with van der Waals surface area (Å²) in [5.74, 6) is 0.726. The van der Waals surface area contributed by atoms with E-state index in [1.807, 2.05) is 30.3 Å². The second-order valence-electron chi connectivity index (χ2n) is 5.81. The summed E-state index contributed by atoms with van der Waals surface area (Å²) in [5.41, 5.74) is 1.73. The molecule has 2 aromatic carbocycles. The minimum atomic E-state index is -0.359. The smallest absolute Gasteiger partial charge is 0.264 e. The fourth-order valence-corrected chi connectivity index (χ4v) is 3.01. The molecule has 0 heterocycles. The van der Waals surface area contributed by atoms with Crippen LogP contribution in [0.25, 0.3) is 6.08 Å². The van der Waals surface area contributed by atoms with E-state index in [4.69, 9.17) is 9.47 Å². The van der Waals surface area contributed by atoms with Crippen LogP contribution in [0.15, 0.2) is 46.4 Å². The van der Waals surface area contributed by atoms with Gasteiger partial charge in [-0.3, -0.25) is 4.79 Å². The topological polar surface area (TPSA) is 62.6 Å². The number of hydrogen-bond donors (Lipinski definition) is 0. The van der Waals surface area contributed by atoms with Crippen LogP contribution in [0.3, 0.4) is 0 Å². The number of carbonyl (C=O) groups is 1. The lowest BCUT2D eigenvalue weighted by Gasteiger charge is -2.14. The van der Waals surface area contributed by atoms with Gasteiger partial charge in [0.2, 0.25) is 0 Å². The largest absolute Gasteiger partial charge is 0.493 e. The summed E-state index contributed by atoms with van der Waals surface area (Å²) in [6, 6.07) is 13.5. The molecule has 1 amide bonds. The Kier molecular flexibility index (Phi) is 7.68. The van der Waals surface area contributed by atoms with Gasteiger partial charge in [-0.2, -0.15) is 5.26 Å². The molecule has 0 saturated carbocycles. The molecular weight excluding hydrogens is 523 g/mol. The van der Waals surface area contributed by atoms with Gasteiger partial charge in [-0.15, -0.1) is 0 Å². The van der Waals surface area contributed by atoms with Crippen molar-refractivity contribution in [2.24, 2.45) is 0 Å². The summed E-state index contributed by atoms with van der Waals surface area (Å²) < 4.78 is 13.2. The van der Waals surface area contributed by atoms with E-state index in [0.717, 1.165) is 9.13 Å². The standard InChI is InChI=1S/C20H18BrIN2O3/c1-24(2)20(25)15(11-23)8-14-9-18(26-3)19(10-17(14)21)27-12-13-4-6-16(22)7-5-13/h4-10H,12H2,1-3H3/b15-8-. The quantitative estimate of drug-likeness (QED) is 0.304. The van der Waals surface area contributed by atoms with Crippen molar-refractivity contribution in [3.63, 3.8) is 0 Å². The first-order valence-corrected chi connectivity index (χ1v) is 9.81. The fraction of sp³-hybridized carbons (Fsp3) is 0.200. The summed E-state index contributed by atoms with van der Waals surface area (Å²) in [6.07, 6.45) is 1.53. The fourth-order valence-electron chi connectivity index (χ4n) is 2.21. The molecule has 0 aliphatic rings. The van der Waals surface area contributed by atoms with Crippen LogP contribution in [0.2, 0.25) is 0 Å². The van der Waals surface area contributed by atoms with Gasteiger partial charge in [0.05, 0.1) is 7.11 Å². The summed E-state index contributed by atoms with van der Waals surface area (Å²) in [7, 11) is 4.75. The van der Waals surface area contributed by atoms with E-state index >= 15 is 0 Å². The predicted octanol–water partition coefficient (Wildman–Crippen LogP) is 4.64. The summed E-state index contributed by atoms with van der Waals surface area (Å²) >= 11 is 5.73. The third kappa shape index (κ3) is 5.71. The van der Waals surface area contributed by atoms with Crippen molar-refractivity contribution in [3.8, 4) is 17.6 Å². The van der Waals surface area contributed by atoms with E-state index in [1.165, 1.54) is 11.0 Å². The molecule has 0 radical (unpaired) electrons. The maximum atomic E-state index is 12.1. The molecule has 0 unspecified atom stereocenters. The monoisotopic (exact) mass is 540 g/mol. The Morgan fingerprint density at radius 3 is 2.48 bits per heavy atom. The highest BCUT2D eigenvalue weighted by molar-refractivity contribution is 14.1. The minimum Gasteiger partial charge on any atom is -0.493 e. The SMILES string of the molecule is COc1cc(/C=C(/C#N)C(=O)N(C)C)c(Br)cc1OCc1ccc(I)cc1. The third-order valence-electron chi connectivity index (χ3n) is 3.65. The summed E-state index contributed by atoms with van der Waals surface area (Å²) in [4.78, 5) is 13.4. The number of methoxy groups -OCH3 is 1. The van der Waals surface area contributed by atoms with E-state index in [-0.39, 0.29) is 11.5 Å². The van der Waals surface area contributed by atoms with Crippen molar-refractivity contribution in [1.29, 1.82) is 5.26 Å². The van der Waals surface area contributed by atoms with Gasteiger partial charge in [0, 0.05) is 22.1 Å². The van der Waals surface area contributed by atoms with Gasteiger partial charge in [-0.1, -0.05) is 28.1 Å². The number of hydrogen-bond acceptors (Lipinski definition) is 4. The number of ether oxygens (including phenoxy) is 2. The minimum absolute atomic E-state index is 0.0373. The van der Waals surface area contributed by atoms with Crippen molar-refractivity contribution in [3.05, 3.63) is 61.1 Å². The predicted molar refractivity (Wildman–Crippen MR) is 116 cm³/mol. The van der Waals surface area contributed by atoms with Crippen LogP contribution in [0.1, 0.15) is 11.1 Å². The Balaban J connectivity index is 2.29. The molecule has 5 nitrogen and oxygen atoms in total. The van der Waals surface area contributed by atoms with Gasteiger partial charge in [0.25, 0.3) is 5.91 Å².